The molecule has 7 heteroatoms. The molecule has 0 spiro atoms. The summed E-state index contributed by atoms with van der Waals surface area (Å²) in [5, 5.41) is 8.30. The second kappa shape index (κ2) is 8.68. The maximum absolute atomic E-state index is 12.2. The van der Waals surface area contributed by atoms with Crippen molar-refractivity contribution in [1.82, 2.24) is 10.2 Å². The zero-order valence-corrected chi connectivity index (χ0v) is 17.3. The Balaban J connectivity index is 1.53. The van der Waals surface area contributed by atoms with Crippen molar-refractivity contribution in [3.05, 3.63) is 68.6 Å². The molecule has 1 aromatic heterocycles. The molecule has 0 saturated heterocycles. The number of carbonyl (C=O) groups is 1. The molecule has 0 aliphatic carbocycles. The second-order valence-electron chi connectivity index (χ2n) is 5.74. The number of carbonyl (C=O) groups excluding carboxylic acids is 1. The maximum Gasteiger partial charge on any atom is 0.277 e. The van der Waals surface area contributed by atoms with E-state index in [1.165, 1.54) is 11.8 Å². The fraction of sp³-hybridized carbons (Fsp3) is 0.211. The number of benzene rings is 2. The normalized spacial score (nSPS) is 10.7. The lowest BCUT2D eigenvalue weighted by Crippen LogP contribution is -2.02. The van der Waals surface area contributed by atoms with Crippen LogP contribution in [0.15, 0.2) is 52.1 Å². The van der Waals surface area contributed by atoms with Gasteiger partial charge in [-0.05, 0) is 65.8 Å². The first kappa shape index (κ1) is 18.9. The Kier molecular flexibility index (Phi) is 6.31. The quantitative estimate of drug-likeness (QED) is 0.274. The highest BCUT2D eigenvalue weighted by Gasteiger charge is 2.12. The first-order valence-electron chi connectivity index (χ1n) is 7.95. The summed E-state index contributed by atoms with van der Waals surface area (Å²) in [4.78, 5) is 12.2. The van der Waals surface area contributed by atoms with Gasteiger partial charge in [0.1, 0.15) is 5.75 Å². The number of Topliss-reactive ketones (excluding diaryl/α,β-unsaturated/α-hetero) is 1. The third kappa shape index (κ3) is 5.07. The molecule has 26 heavy (non-hydrogen) atoms. The van der Waals surface area contributed by atoms with Gasteiger partial charge in [-0.3, -0.25) is 4.79 Å². The Morgan fingerprint density at radius 1 is 1.15 bits per heavy atom. The van der Waals surface area contributed by atoms with Gasteiger partial charge in [0.25, 0.3) is 11.1 Å². The van der Waals surface area contributed by atoms with Gasteiger partial charge in [-0.15, -0.1) is 10.2 Å². The van der Waals surface area contributed by atoms with E-state index < -0.39 is 0 Å². The number of hydrogen-bond donors (Lipinski definition) is 0. The first-order valence-corrected chi connectivity index (χ1v) is 10.0. The summed E-state index contributed by atoms with van der Waals surface area (Å²) in [7, 11) is 0. The minimum absolute atomic E-state index is 0.0257. The van der Waals surface area contributed by atoms with Crippen molar-refractivity contribution in [3.63, 3.8) is 0 Å². The fourth-order valence-corrected chi connectivity index (χ4v) is 3.24. The van der Waals surface area contributed by atoms with Crippen molar-refractivity contribution in [2.24, 2.45) is 0 Å². The first-order chi connectivity index (χ1) is 12.5. The minimum Gasteiger partial charge on any atom is -0.484 e. The molecule has 0 radical (unpaired) electrons. The van der Waals surface area contributed by atoms with Crippen LogP contribution in [0.1, 0.15) is 27.4 Å². The van der Waals surface area contributed by atoms with E-state index in [-0.39, 0.29) is 18.1 Å². The minimum atomic E-state index is 0.0257. The molecule has 2 aromatic carbocycles. The highest BCUT2D eigenvalue weighted by Crippen LogP contribution is 2.22. The van der Waals surface area contributed by atoms with E-state index in [0.29, 0.717) is 16.7 Å². The highest BCUT2D eigenvalue weighted by molar-refractivity contribution is 14.1. The van der Waals surface area contributed by atoms with E-state index in [1.807, 2.05) is 56.3 Å². The van der Waals surface area contributed by atoms with Gasteiger partial charge in [0.2, 0.25) is 0 Å². The van der Waals surface area contributed by atoms with Gasteiger partial charge in [0, 0.05) is 9.13 Å². The zero-order chi connectivity index (χ0) is 18.5. The van der Waals surface area contributed by atoms with Crippen LogP contribution in [-0.2, 0) is 6.61 Å². The average molecular weight is 480 g/mol. The molecule has 0 aliphatic rings. The van der Waals surface area contributed by atoms with E-state index in [1.54, 1.807) is 0 Å². The molecule has 0 unspecified atom stereocenters. The topological polar surface area (TPSA) is 65.2 Å². The predicted molar refractivity (Wildman–Crippen MR) is 109 cm³/mol. The number of ether oxygens (including phenoxy) is 1. The Bertz CT molecular complexity index is 909. The van der Waals surface area contributed by atoms with Crippen molar-refractivity contribution in [2.45, 2.75) is 25.7 Å². The SMILES string of the molecule is Cc1ccc(C)c(OCc2nnc(SCC(=O)c3ccc(I)cc3)o2)c1. The van der Waals surface area contributed by atoms with Crippen molar-refractivity contribution in [2.75, 3.05) is 5.75 Å². The molecule has 134 valence electrons. The summed E-state index contributed by atoms with van der Waals surface area (Å²) in [5.41, 5.74) is 2.85. The van der Waals surface area contributed by atoms with Crippen LogP contribution in [0.3, 0.4) is 0 Å². The third-order valence-electron chi connectivity index (χ3n) is 3.64. The highest BCUT2D eigenvalue weighted by atomic mass is 127. The van der Waals surface area contributed by atoms with Crippen molar-refractivity contribution in [3.8, 4) is 5.75 Å². The standard InChI is InChI=1S/C19H17IN2O3S/c1-12-3-4-13(2)17(9-12)24-10-18-21-22-19(25-18)26-11-16(23)14-5-7-15(20)8-6-14/h3-9H,10-11H2,1-2H3. The van der Waals surface area contributed by atoms with Crippen LogP contribution < -0.4 is 4.74 Å². The zero-order valence-electron chi connectivity index (χ0n) is 14.4. The van der Waals surface area contributed by atoms with Gasteiger partial charge in [-0.2, -0.15) is 0 Å². The number of nitrogens with zero attached hydrogens (tertiary/aromatic N) is 2. The average Bonchev–Trinajstić information content (AvgIpc) is 3.09. The largest absolute Gasteiger partial charge is 0.484 e. The van der Waals surface area contributed by atoms with Crippen LogP contribution in [0.5, 0.6) is 5.75 Å². The Hall–Kier alpha value is -1.87. The van der Waals surface area contributed by atoms with Crippen LogP contribution in [0.4, 0.5) is 0 Å². The monoisotopic (exact) mass is 480 g/mol. The summed E-state index contributed by atoms with van der Waals surface area (Å²) in [6.45, 7) is 4.20. The molecule has 5 nitrogen and oxygen atoms in total. The molecule has 0 aliphatic heterocycles. The molecular weight excluding hydrogens is 463 g/mol. The van der Waals surface area contributed by atoms with Crippen molar-refractivity contribution < 1.29 is 13.9 Å². The third-order valence-corrected chi connectivity index (χ3v) is 5.17. The molecular formula is C19H17IN2O3S. The van der Waals surface area contributed by atoms with Crippen molar-refractivity contribution in [1.29, 1.82) is 0 Å². The van der Waals surface area contributed by atoms with E-state index in [9.17, 15) is 4.79 Å². The number of thioether (sulfide) groups is 1. The van der Waals surface area contributed by atoms with Gasteiger partial charge in [0.15, 0.2) is 12.4 Å². The number of ketones is 1. The van der Waals surface area contributed by atoms with E-state index in [0.717, 1.165) is 20.4 Å². The Morgan fingerprint density at radius 3 is 2.69 bits per heavy atom. The van der Waals surface area contributed by atoms with Crippen LogP contribution in [0.25, 0.3) is 0 Å². The second-order valence-corrected chi connectivity index (χ2v) is 7.91. The van der Waals surface area contributed by atoms with Crippen LogP contribution in [-0.4, -0.2) is 21.7 Å². The Morgan fingerprint density at radius 2 is 1.92 bits per heavy atom. The van der Waals surface area contributed by atoms with Crippen LogP contribution in [0, 0.1) is 17.4 Å². The van der Waals surface area contributed by atoms with E-state index >= 15 is 0 Å². The predicted octanol–water partition coefficient (Wildman–Crippen LogP) is 4.85. The van der Waals surface area contributed by atoms with E-state index in [2.05, 4.69) is 32.8 Å². The fourth-order valence-electron chi connectivity index (χ4n) is 2.20. The molecule has 0 amide bonds. The smallest absolute Gasteiger partial charge is 0.277 e. The molecule has 0 fully saturated rings. The van der Waals surface area contributed by atoms with Crippen molar-refractivity contribution >= 4 is 40.1 Å². The molecule has 0 saturated carbocycles. The number of aryl methyl sites for hydroxylation is 2. The number of rotatable bonds is 7. The summed E-state index contributed by atoms with van der Waals surface area (Å²) < 4.78 is 12.4. The molecule has 3 aromatic rings. The number of aromatic nitrogens is 2. The van der Waals surface area contributed by atoms with Gasteiger partial charge >= 0.3 is 0 Å². The van der Waals surface area contributed by atoms with Crippen LogP contribution >= 0.6 is 34.4 Å². The lowest BCUT2D eigenvalue weighted by atomic mass is 10.1. The van der Waals surface area contributed by atoms with Gasteiger partial charge in [0.05, 0.1) is 5.75 Å². The van der Waals surface area contributed by atoms with E-state index in [4.69, 9.17) is 9.15 Å². The molecule has 3 rings (SSSR count). The van der Waals surface area contributed by atoms with Gasteiger partial charge < -0.3 is 9.15 Å². The summed E-state index contributed by atoms with van der Waals surface area (Å²) in [6.07, 6.45) is 0. The molecule has 0 atom stereocenters. The summed E-state index contributed by atoms with van der Waals surface area (Å²) >= 11 is 3.44. The van der Waals surface area contributed by atoms with Gasteiger partial charge in [-0.25, -0.2) is 0 Å². The van der Waals surface area contributed by atoms with Gasteiger partial charge in [-0.1, -0.05) is 36.0 Å². The number of hydrogen-bond acceptors (Lipinski definition) is 6. The lowest BCUT2D eigenvalue weighted by Gasteiger charge is -2.07. The van der Waals surface area contributed by atoms with Crippen LogP contribution in [0.2, 0.25) is 0 Å². The molecule has 0 bridgehead atoms. The molecule has 0 N–H and O–H groups in total. The number of halogens is 1. The summed E-state index contributed by atoms with van der Waals surface area (Å²) in [6, 6.07) is 13.5. The maximum atomic E-state index is 12.2. The lowest BCUT2D eigenvalue weighted by molar-refractivity contribution is 0.102. The Labute approximate surface area is 169 Å². The summed E-state index contributed by atoms with van der Waals surface area (Å²) in [5.74, 6) is 1.46. The molecule has 1 heterocycles.